The molecular formula is C25H20BrClN2O3. The number of rotatable bonds is 3. The quantitative estimate of drug-likeness (QED) is 0.331. The molecule has 4 aromatic rings. The molecule has 162 valence electrons. The van der Waals surface area contributed by atoms with Crippen molar-refractivity contribution in [2.75, 3.05) is 13.7 Å². The summed E-state index contributed by atoms with van der Waals surface area (Å²) >= 11 is 9.91. The SMILES string of the molecule is COc1ccc(C2c3[nH]c4cccc(Br)c4c3CCN2C(=O)Oc2ccccc2Cl)cc1. The maximum atomic E-state index is 13.3. The Balaban J connectivity index is 1.60. The number of halogens is 2. The lowest BCUT2D eigenvalue weighted by Gasteiger charge is -2.35. The summed E-state index contributed by atoms with van der Waals surface area (Å²) in [4.78, 5) is 18.6. The number of hydrogen-bond donors (Lipinski definition) is 1. The van der Waals surface area contributed by atoms with Gasteiger partial charge in [0.25, 0.3) is 0 Å². The highest BCUT2D eigenvalue weighted by atomic mass is 79.9. The molecule has 5 nitrogen and oxygen atoms in total. The van der Waals surface area contributed by atoms with E-state index < -0.39 is 6.09 Å². The van der Waals surface area contributed by atoms with Crippen molar-refractivity contribution < 1.29 is 14.3 Å². The van der Waals surface area contributed by atoms with Crippen molar-refractivity contribution in [1.29, 1.82) is 0 Å². The highest BCUT2D eigenvalue weighted by Gasteiger charge is 2.36. The van der Waals surface area contributed by atoms with Crippen LogP contribution in [-0.4, -0.2) is 29.6 Å². The molecule has 32 heavy (non-hydrogen) atoms. The monoisotopic (exact) mass is 510 g/mol. The molecule has 0 fully saturated rings. The first-order valence-electron chi connectivity index (χ1n) is 10.2. The molecule has 5 rings (SSSR count). The highest BCUT2D eigenvalue weighted by molar-refractivity contribution is 9.10. The van der Waals surface area contributed by atoms with Gasteiger partial charge >= 0.3 is 6.09 Å². The van der Waals surface area contributed by atoms with Gasteiger partial charge in [0, 0.05) is 27.6 Å². The van der Waals surface area contributed by atoms with Crippen LogP contribution < -0.4 is 9.47 Å². The molecule has 0 aliphatic carbocycles. The average Bonchev–Trinajstić information content (AvgIpc) is 3.20. The minimum atomic E-state index is -0.442. The van der Waals surface area contributed by atoms with Gasteiger partial charge in [0.2, 0.25) is 0 Å². The topological polar surface area (TPSA) is 54.6 Å². The van der Waals surface area contributed by atoms with Gasteiger partial charge in [-0.05, 0) is 53.9 Å². The minimum Gasteiger partial charge on any atom is -0.497 e. The van der Waals surface area contributed by atoms with Crippen molar-refractivity contribution in [1.82, 2.24) is 9.88 Å². The molecule has 0 saturated heterocycles. The molecule has 1 atom stereocenters. The fourth-order valence-electron chi connectivity index (χ4n) is 4.31. The van der Waals surface area contributed by atoms with E-state index in [0.29, 0.717) is 23.7 Å². The van der Waals surface area contributed by atoms with Gasteiger partial charge in [-0.25, -0.2) is 4.79 Å². The predicted molar refractivity (Wildman–Crippen MR) is 129 cm³/mol. The number of hydrogen-bond acceptors (Lipinski definition) is 3. The number of nitrogens with zero attached hydrogens (tertiary/aromatic N) is 1. The Bertz CT molecular complexity index is 1300. The Kier molecular flexibility index (Phi) is 5.57. The van der Waals surface area contributed by atoms with Gasteiger partial charge in [0.1, 0.15) is 11.8 Å². The number of carbonyl (C=O) groups excluding carboxylic acids is 1. The summed E-state index contributed by atoms with van der Waals surface area (Å²) < 4.78 is 12.1. The van der Waals surface area contributed by atoms with E-state index in [1.54, 1.807) is 36.3 Å². The third-order valence-electron chi connectivity index (χ3n) is 5.80. The molecular weight excluding hydrogens is 492 g/mol. The normalized spacial score (nSPS) is 15.5. The fraction of sp³-hybridized carbons (Fsp3) is 0.160. The van der Waals surface area contributed by atoms with Gasteiger partial charge < -0.3 is 14.5 Å². The van der Waals surface area contributed by atoms with Crippen molar-refractivity contribution in [2.24, 2.45) is 0 Å². The molecule has 7 heteroatoms. The van der Waals surface area contributed by atoms with Crippen molar-refractivity contribution in [3.05, 3.63) is 93.0 Å². The second-order valence-electron chi connectivity index (χ2n) is 7.60. The highest BCUT2D eigenvalue weighted by Crippen LogP contribution is 2.41. The smallest absolute Gasteiger partial charge is 0.416 e. The summed E-state index contributed by atoms with van der Waals surface area (Å²) in [5.74, 6) is 1.10. The molecule has 0 saturated carbocycles. The lowest BCUT2D eigenvalue weighted by atomic mass is 9.92. The summed E-state index contributed by atoms with van der Waals surface area (Å²) in [6.45, 7) is 0.515. The van der Waals surface area contributed by atoms with Crippen LogP contribution in [0.25, 0.3) is 10.9 Å². The lowest BCUT2D eigenvalue weighted by molar-refractivity contribution is 0.135. The molecule has 1 aliphatic heterocycles. The molecule has 1 N–H and O–H groups in total. The number of aromatic nitrogens is 1. The molecule has 0 radical (unpaired) electrons. The third kappa shape index (κ3) is 3.63. The number of aromatic amines is 1. The second kappa shape index (κ2) is 8.52. The number of para-hydroxylation sites is 1. The maximum absolute atomic E-state index is 13.3. The first kappa shape index (κ1) is 20.9. The van der Waals surface area contributed by atoms with Crippen molar-refractivity contribution >= 4 is 44.5 Å². The Labute approximate surface area is 199 Å². The number of carbonyl (C=O) groups is 1. The number of ether oxygens (including phenoxy) is 2. The van der Waals surface area contributed by atoms with Crippen LogP contribution in [0.15, 0.2) is 71.2 Å². The summed E-state index contributed by atoms with van der Waals surface area (Å²) in [6, 6.07) is 20.5. The lowest BCUT2D eigenvalue weighted by Crippen LogP contribution is -2.42. The Morgan fingerprint density at radius 3 is 2.62 bits per heavy atom. The minimum absolute atomic E-state index is 0.334. The summed E-state index contributed by atoms with van der Waals surface area (Å²) in [6.07, 6.45) is 0.268. The zero-order chi connectivity index (χ0) is 22.2. The van der Waals surface area contributed by atoms with Crippen LogP contribution in [0.3, 0.4) is 0 Å². The summed E-state index contributed by atoms with van der Waals surface area (Å²) in [7, 11) is 1.64. The molecule has 1 unspecified atom stereocenters. The van der Waals surface area contributed by atoms with E-state index >= 15 is 0 Å². The van der Waals surface area contributed by atoms with Crippen molar-refractivity contribution in [2.45, 2.75) is 12.5 Å². The first-order valence-corrected chi connectivity index (χ1v) is 11.4. The molecule has 0 bridgehead atoms. The van der Waals surface area contributed by atoms with E-state index in [0.717, 1.165) is 32.4 Å². The first-order chi connectivity index (χ1) is 15.6. The van der Waals surface area contributed by atoms with Crippen LogP contribution in [0.1, 0.15) is 22.9 Å². The van der Waals surface area contributed by atoms with Crippen LogP contribution in [0.5, 0.6) is 11.5 Å². The summed E-state index contributed by atoms with van der Waals surface area (Å²) in [5, 5.41) is 1.55. The largest absolute Gasteiger partial charge is 0.497 e. The number of fused-ring (bicyclic) bond motifs is 3. The van der Waals surface area contributed by atoms with E-state index in [9.17, 15) is 4.79 Å². The van der Waals surface area contributed by atoms with E-state index in [2.05, 4.69) is 27.0 Å². The van der Waals surface area contributed by atoms with Gasteiger partial charge in [0.05, 0.1) is 12.1 Å². The maximum Gasteiger partial charge on any atom is 0.416 e. The third-order valence-corrected chi connectivity index (χ3v) is 6.77. The second-order valence-corrected chi connectivity index (χ2v) is 8.86. The number of H-pyrrole nitrogens is 1. The van der Waals surface area contributed by atoms with E-state index in [4.69, 9.17) is 21.1 Å². The van der Waals surface area contributed by atoms with Gasteiger partial charge in [-0.15, -0.1) is 0 Å². The summed E-state index contributed by atoms with van der Waals surface area (Å²) in [5.41, 5.74) is 4.18. The van der Waals surface area contributed by atoms with Gasteiger partial charge in [0.15, 0.2) is 5.75 Å². The molecule has 1 amide bonds. The number of amides is 1. The number of nitrogens with one attached hydrogen (secondary N) is 1. The van der Waals surface area contributed by atoms with E-state index in [1.165, 1.54) is 5.56 Å². The van der Waals surface area contributed by atoms with Gasteiger partial charge in [-0.1, -0.05) is 57.9 Å². The Hall–Kier alpha value is -2.96. The molecule has 1 aromatic heterocycles. The number of benzene rings is 3. The van der Waals surface area contributed by atoms with Crippen LogP contribution in [0, 0.1) is 0 Å². The van der Waals surface area contributed by atoms with Gasteiger partial charge in [-0.3, -0.25) is 4.90 Å². The standard InChI is InChI=1S/C25H20BrClN2O3/c1-31-16-11-9-15(10-12-16)24-23-17(22-18(26)5-4-7-20(22)28-23)13-14-29(24)25(30)32-21-8-3-2-6-19(21)27/h2-12,24,28H,13-14H2,1H3. The average molecular weight is 512 g/mol. The van der Waals surface area contributed by atoms with Crippen molar-refractivity contribution in [3.63, 3.8) is 0 Å². The van der Waals surface area contributed by atoms with Crippen LogP contribution in [0.4, 0.5) is 4.79 Å². The molecule has 3 aromatic carbocycles. The Morgan fingerprint density at radius 2 is 1.88 bits per heavy atom. The Morgan fingerprint density at radius 1 is 1.09 bits per heavy atom. The van der Waals surface area contributed by atoms with Crippen LogP contribution in [0.2, 0.25) is 5.02 Å². The van der Waals surface area contributed by atoms with Crippen LogP contribution >= 0.6 is 27.5 Å². The zero-order valence-corrected chi connectivity index (χ0v) is 19.6. The van der Waals surface area contributed by atoms with Crippen LogP contribution in [-0.2, 0) is 6.42 Å². The van der Waals surface area contributed by atoms with E-state index in [-0.39, 0.29) is 6.04 Å². The van der Waals surface area contributed by atoms with Crippen molar-refractivity contribution in [3.8, 4) is 11.5 Å². The predicted octanol–water partition coefficient (Wildman–Crippen LogP) is 6.74. The molecule has 2 heterocycles. The van der Waals surface area contributed by atoms with E-state index in [1.807, 2.05) is 36.4 Å². The fourth-order valence-corrected chi connectivity index (χ4v) is 5.09. The zero-order valence-electron chi connectivity index (χ0n) is 17.3. The molecule has 0 spiro atoms. The molecule has 1 aliphatic rings. The van der Waals surface area contributed by atoms with Gasteiger partial charge in [-0.2, -0.15) is 0 Å². The number of methoxy groups -OCH3 is 1.